The molecule has 0 spiro atoms. The third kappa shape index (κ3) is 3.32. The van der Waals surface area contributed by atoms with Crippen molar-refractivity contribution in [3.05, 3.63) is 5.82 Å². The van der Waals surface area contributed by atoms with E-state index in [-0.39, 0.29) is 0 Å². The first-order chi connectivity index (χ1) is 8.47. The van der Waals surface area contributed by atoms with Crippen LogP contribution < -0.4 is 10.2 Å². The molecule has 1 N–H and O–H groups in total. The first-order valence-electron chi connectivity index (χ1n) is 5.79. The lowest BCUT2D eigenvalue weighted by molar-refractivity contribution is -0.144. The molecule has 8 heteroatoms. The summed E-state index contributed by atoms with van der Waals surface area (Å²) < 4.78 is 40.5. The largest absolute Gasteiger partial charge is 0.452 e. The Hall–Kier alpha value is -0.890. The lowest BCUT2D eigenvalue weighted by Gasteiger charge is -2.27. The molecule has 4 nitrogen and oxygen atoms in total. The number of halogens is 3. The molecule has 2 rings (SSSR count). The maximum atomic E-state index is 12.4. The monoisotopic (exact) mass is 280 g/mol. The molecule has 0 radical (unpaired) electrons. The van der Waals surface area contributed by atoms with Crippen LogP contribution in [0.4, 0.5) is 18.3 Å². The van der Waals surface area contributed by atoms with Gasteiger partial charge >= 0.3 is 6.18 Å². The normalized spacial score (nSPS) is 18.0. The van der Waals surface area contributed by atoms with Crippen LogP contribution >= 0.6 is 11.5 Å². The van der Waals surface area contributed by atoms with Gasteiger partial charge in [-0.1, -0.05) is 0 Å². The number of nitrogens with one attached hydrogen (secondary N) is 1. The Balaban J connectivity index is 1.96. The van der Waals surface area contributed by atoms with Crippen molar-refractivity contribution in [2.24, 2.45) is 5.92 Å². The van der Waals surface area contributed by atoms with E-state index in [1.165, 1.54) is 0 Å². The highest BCUT2D eigenvalue weighted by Crippen LogP contribution is 2.30. The highest BCUT2D eigenvalue weighted by molar-refractivity contribution is 7.09. The SMILES string of the molecule is CN(CC1CCNCC1)c1nc(C(F)(F)F)ns1. The van der Waals surface area contributed by atoms with E-state index in [0.717, 1.165) is 44.0 Å². The first-order valence-corrected chi connectivity index (χ1v) is 6.57. The van der Waals surface area contributed by atoms with Gasteiger partial charge in [0.25, 0.3) is 0 Å². The van der Waals surface area contributed by atoms with Gasteiger partial charge in [0.1, 0.15) is 0 Å². The molecule has 1 aliphatic heterocycles. The van der Waals surface area contributed by atoms with E-state index in [1.807, 2.05) is 0 Å². The van der Waals surface area contributed by atoms with E-state index in [2.05, 4.69) is 14.7 Å². The van der Waals surface area contributed by atoms with Gasteiger partial charge in [-0.2, -0.15) is 22.5 Å². The summed E-state index contributed by atoms with van der Waals surface area (Å²) in [5, 5.41) is 3.59. The zero-order valence-corrected chi connectivity index (χ0v) is 10.8. The minimum Gasteiger partial charge on any atom is -0.350 e. The number of hydrogen-bond acceptors (Lipinski definition) is 5. The molecule has 1 fully saturated rings. The molecule has 1 saturated heterocycles. The van der Waals surface area contributed by atoms with Gasteiger partial charge in [-0.05, 0) is 31.8 Å². The lowest BCUT2D eigenvalue weighted by Crippen LogP contribution is -2.34. The predicted octanol–water partition coefficient (Wildman–Crippen LogP) is 1.99. The quantitative estimate of drug-likeness (QED) is 0.919. The molecule has 0 aromatic carbocycles. The molecule has 2 heterocycles. The number of aromatic nitrogens is 2. The second-order valence-corrected chi connectivity index (χ2v) is 5.20. The van der Waals surface area contributed by atoms with Gasteiger partial charge < -0.3 is 10.2 Å². The Morgan fingerprint density at radius 3 is 2.61 bits per heavy atom. The van der Waals surface area contributed by atoms with Crippen LogP contribution in [0.15, 0.2) is 0 Å². The predicted molar refractivity (Wildman–Crippen MR) is 63.8 cm³/mol. The van der Waals surface area contributed by atoms with Crippen molar-refractivity contribution in [3.63, 3.8) is 0 Å². The van der Waals surface area contributed by atoms with Crippen molar-refractivity contribution in [2.75, 3.05) is 31.6 Å². The van der Waals surface area contributed by atoms with E-state index < -0.39 is 12.0 Å². The molecule has 0 unspecified atom stereocenters. The fourth-order valence-corrected chi connectivity index (χ4v) is 2.67. The maximum Gasteiger partial charge on any atom is 0.452 e. The molecule has 0 atom stereocenters. The molecule has 0 bridgehead atoms. The standard InChI is InChI=1S/C10H15F3N4S/c1-17(6-7-2-4-14-5-3-7)9-15-8(16-18-9)10(11,12)13/h7,14H,2-6H2,1H3. The lowest BCUT2D eigenvalue weighted by atomic mass is 9.98. The number of alkyl halides is 3. The van der Waals surface area contributed by atoms with E-state index >= 15 is 0 Å². The van der Waals surface area contributed by atoms with Crippen molar-refractivity contribution < 1.29 is 13.2 Å². The van der Waals surface area contributed by atoms with E-state index in [1.54, 1.807) is 11.9 Å². The zero-order chi connectivity index (χ0) is 13.2. The number of hydrogen-bond donors (Lipinski definition) is 1. The topological polar surface area (TPSA) is 41.0 Å². The van der Waals surface area contributed by atoms with Crippen LogP contribution in [0.5, 0.6) is 0 Å². The Labute approximate surface area is 107 Å². The Kier molecular flexibility index (Phi) is 4.06. The van der Waals surface area contributed by atoms with Crippen molar-refractivity contribution in [1.29, 1.82) is 0 Å². The van der Waals surface area contributed by atoms with E-state index in [4.69, 9.17) is 0 Å². The highest BCUT2D eigenvalue weighted by Gasteiger charge is 2.36. The van der Waals surface area contributed by atoms with E-state index in [0.29, 0.717) is 11.0 Å². The fourth-order valence-electron chi connectivity index (χ4n) is 2.02. The fraction of sp³-hybridized carbons (Fsp3) is 0.800. The third-order valence-electron chi connectivity index (χ3n) is 2.99. The number of piperidine rings is 1. The van der Waals surface area contributed by atoms with Crippen LogP contribution in [0.2, 0.25) is 0 Å². The molecule has 1 aliphatic rings. The van der Waals surface area contributed by atoms with Crippen molar-refractivity contribution >= 4 is 16.7 Å². The maximum absolute atomic E-state index is 12.4. The summed E-state index contributed by atoms with van der Waals surface area (Å²) >= 11 is 0.802. The molecule has 102 valence electrons. The summed E-state index contributed by atoms with van der Waals surface area (Å²) in [7, 11) is 1.77. The summed E-state index contributed by atoms with van der Waals surface area (Å²) in [5.41, 5.74) is 0. The number of nitrogens with zero attached hydrogens (tertiary/aromatic N) is 3. The van der Waals surface area contributed by atoms with Gasteiger partial charge in [-0.15, -0.1) is 0 Å². The smallest absolute Gasteiger partial charge is 0.350 e. The second-order valence-electron chi connectivity index (χ2n) is 4.47. The molecular formula is C10H15F3N4S. The average Bonchev–Trinajstić information content (AvgIpc) is 2.79. The Morgan fingerprint density at radius 2 is 2.06 bits per heavy atom. The van der Waals surface area contributed by atoms with Gasteiger partial charge in [0.15, 0.2) is 0 Å². The molecule has 0 saturated carbocycles. The van der Waals surface area contributed by atoms with Crippen LogP contribution in [0.3, 0.4) is 0 Å². The summed E-state index contributed by atoms with van der Waals surface area (Å²) in [4.78, 5) is 5.31. The van der Waals surface area contributed by atoms with Crippen LogP contribution in [0, 0.1) is 5.92 Å². The van der Waals surface area contributed by atoms with Gasteiger partial charge in [-0.25, -0.2) is 0 Å². The second kappa shape index (κ2) is 5.40. The number of anilines is 1. The molecule has 1 aromatic heterocycles. The summed E-state index contributed by atoms with van der Waals surface area (Å²) in [6.45, 7) is 2.68. The van der Waals surface area contributed by atoms with Crippen LogP contribution in [-0.4, -0.2) is 36.0 Å². The van der Waals surface area contributed by atoms with Crippen LogP contribution in [-0.2, 0) is 6.18 Å². The summed E-state index contributed by atoms with van der Waals surface area (Å²) in [6.07, 6.45) is -2.35. The highest BCUT2D eigenvalue weighted by atomic mass is 32.1. The van der Waals surface area contributed by atoms with Gasteiger partial charge in [0.2, 0.25) is 11.0 Å². The van der Waals surface area contributed by atoms with Crippen molar-refractivity contribution in [3.8, 4) is 0 Å². The van der Waals surface area contributed by atoms with Gasteiger partial charge in [-0.3, -0.25) is 0 Å². The minimum absolute atomic E-state index is 0.334. The van der Waals surface area contributed by atoms with Crippen molar-refractivity contribution in [2.45, 2.75) is 19.0 Å². The summed E-state index contributed by atoms with van der Waals surface area (Å²) in [5.74, 6) is -0.533. The van der Waals surface area contributed by atoms with Crippen LogP contribution in [0.1, 0.15) is 18.7 Å². The van der Waals surface area contributed by atoms with Gasteiger partial charge in [0.05, 0.1) is 0 Å². The van der Waals surface area contributed by atoms with Crippen LogP contribution in [0.25, 0.3) is 0 Å². The molecular weight excluding hydrogens is 265 g/mol. The molecule has 0 aliphatic carbocycles. The average molecular weight is 280 g/mol. The molecule has 18 heavy (non-hydrogen) atoms. The zero-order valence-electron chi connectivity index (χ0n) is 10.00. The third-order valence-corrected chi connectivity index (χ3v) is 3.82. The number of rotatable bonds is 3. The summed E-state index contributed by atoms with van der Waals surface area (Å²) in [6, 6.07) is 0. The Bertz CT molecular complexity index is 387. The Morgan fingerprint density at radius 1 is 1.39 bits per heavy atom. The minimum atomic E-state index is -4.45. The van der Waals surface area contributed by atoms with E-state index in [9.17, 15) is 13.2 Å². The van der Waals surface area contributed by atoms with Gasteiger partial charge in [0, 0.05) is 25.1 Å². The molecule has 0 amide bonds. The van der Waals surface area contributed by atoms with Crippen molar-refractivity contribution in [1.82, 2.24) is 14.7 Å². The molecule has 1 aromatic rings. The first kappa shape index (κ1) is 13.5.